The summed E-state index contributed by atoms with van der Waals surface area (Å²) in [4.78, 5) is 13.0. The Labute approximate surface area is 106 Å². The van der Waals surface area contributed by atoms with Crippen LogP contribution in [-0.4, -0.2) is 24.2 Å². The number of aromatic carboxylic acids is 1. The molecule has 1 saturated heterocycles. The summed E-state index contributed by atoms with van der Waals surface area (Å²) in [7, 11) is 0. The van der Waals surface area contributed by atoms with Gasteiger partial charge in [0, 0.05) is 18.8 Å². The van der Waals surface area contributed by atoms with Crippen LogP contribution in [0.15, 0.2) is 18.2 Å². The van der Waals surface area contributed by atoms with E-state index < -0.39 is 11.8 Å². The first-order chi connectivity index (χ1) is 8.29. The molecule has 4 heteroatoms. The molecule has 0 amide bonds. The predicted octanol–water partition coefficient (Wildman–Crippen LogP) is 3.01. The molecule has 0 radical (unpaired) electrons. The van der Waals surface area contributed by atoms with E-state index in [1.54, 1.807) is 6.07 Å². The van der Waals surface area contributed by atoms with Crippen molar-refractivity contribution in [2.75, 3.05) is 18.0 Å². The van der Waals surface area contributed by atoms with E-state index in [-0.39, 0.29) is 11.0 Å². The number of nitrogens with zero attached hydrogens (tertiary/aromatic N) is 1. The predicted molar refractivity (Wildman–Crippen MR) is 68.5 cm³/mol. The molecule has 3 nitrogen and oxygen atoms in total. The van der Waals surface area contributed by atoms with Crippen molar-refractivity contribution in [3.8, 4) is 0 Å². The first kappa shape index (κ1) is 12.9. The van der Waals surface area contributed by atoms with Crippen LogP contribution in [0.4, 0.5) is 10.1 Å². The van der Waals surface area contributed by atoms with E-state index >= 15 is 0 Å². The second-order valence-electron chi connectivity index (χ2n) is 5.94. The van der Waals surface area contributed by atoms with Crippen LogP contribution in [0.3, 0.4) is 0 Å². The first-order valence-electron chi connectivity index (χ1n) is 6.07. The summed E-state index contributed by atoms with van der Waals surface area (Å²) >= 11 is 0. The average molecular weight is 251 g/mol. The standard InChI is InChI=1S/C14H18FNO2/c1-14(2,3)9-7-16(8-9)10-4-5-12(15)11(6-10)13(17)18/h4-6,9H,7-8H2,1-3H3,(H,17,18). The monoisotopic (exact) mass is 251 g/mol. The third-order valence-electron chi connectivity index (χ3n) is 3.65. The molecule has 0 atom stereocenters. The average Bonchev–Trinajstić information content (AvgIpc) is 2.15. The number of anilines is 1. The largest absolute Gasteiger partial charge is 0.478 e. The van der Waals surface area contributed by atoms with Crippen molar-refractivity contribution in [3.63, 3.8) is 0 Å². The summed E-state index contributed by atoms with van der Waals surface area (Å²) in [5, 5.41) is 8.89. The highest BCUT2D eigenvalue weighted by Gasteiger charge is 2.36. The molecule has 1 N–H and O–H groups in total. The van der Waals surface area contributed by atoms with Gasteiger partial charge < -0.3 is 10.0 Å². The summed E-state index contributed by atoms with van der Waals surface area (Å²) in [6, 6.07) is 4.28. The van der Waals surface area contributed by atoms with Gasteiger partial charge >= 0.3 is 5.97 Å². The smallest absolute Gasteiger partial charge is 0.338 e. The molecule has 18 heavy (non-hydrogen) atoms. The molecule has 0 saturated carbocycles. The van der Waals surface area contributed by atoms with Crippen molar-refractivity contribution < 1.29 is 14.3 Å². The molecule has 1 fully saturated rings. The first-order valence-corrected chi connectivity index (χ1v) is 6.07. The van der Waals surface area contributed by atoms with Gasteiger partial charge in [0.25, 0.3) is 0 Å². The van der Waals surface area contributed by atoms with Gasteiger partial charge in [-0.3, -0.25) is 0 Å². The Balaban J connectivity index is 2.13. The molecule has 1 aromatic rings. The van der Waals surface area contributed by atoms with Crippen LogP contribution in [0, 0.1) is 17.2 Å². The molecule has 1 aromatic carbocycles. The molecule has 0 aliphatic carbocycles. The number of carboxylic acid groups (broad SMARTS) is 1. The van der Waals surface area contributed by atoms with Crippen molar-refractivity contribution >= 4 is 11.7 Å². The van der Waals surface area contributed by atoms with E-state index in [4.69, 9.17) is 5.11 Å². The molecule has 0 bridgehead atoms. The summed E-state index contributed by atoms with van der Waals surface area (Å²) in [5.41, 5.74) is 0.785. The zero-order valence-electron chi connectivity index (χ0n) is 10.9. The van der Waals surface area contributed by atoms with Crippen molar-refractivity contribution in [3.05, 3.63) is 29.6 Å². The normalized spacial score (nSPS) is 16.6. The fourth-order valence-electron chi connectivity index (χ4n) is 2.11. The number of hydrogen-bond donors (Lipinski definition) is 1. The SMILES string of the molecule is CC(C)(C)C1CN(c2ccc(F)c(C(=O)O)c2)C1. The number of carboxylic acids is 1. The Morgan fingerprint density at radius 1 is 1.39 bits per heavy atom. The Morgan fingerprint density at radius 3 is 2.50 bits per heavy atom. The highest BCUT2D eigenvalue weighted by Crippen LogP contribution is 2.36. The Kier molecular flexibility index (Phi) is 3.05. The lowest BCUT2D eigenvalue weighted by Crippen LogP contribution is -2.52. The van der Waals surface area contributed by atoms with Crippen LogP contribution < -0.4 is 4.90 Å². The fourth-order valence-corrected chi connectivity index (χ4v) is 2.11. The van der Waals surface area contributed by atoms with Gasteiger partial charge in [0.1, 0.15) is 5.82 Å². The van der Waals surface area contributed by atoms with Crippen LogP contribution in [0.25, 0.3) is 0 Å². The van der Waals surface area contributed by atoms with E-state index in [9.17, 15) is 9.18 Å². The zero-order chi connectivity index (χ0) is 13.5. The Morgan fingerprint density at radius 2 is 2.00 bits per heavy atom. The second-order valence-corrected chi connectivity index (χ2v) is 5.94. The van der Waals surface area contributed by atoms with Crippen LogP contribution in [0.5, 0.6) is 0 Å². The van der Waals surface area contributed by atoms with Gasteiger partial charge in [0.15, 0.2) is 0 Å². The molecule has 0 unspecified atom stereocenters. The minimum Gasteiger partial charge on any atom is -0.478 e. The molecule has 1 aliphatic rings. The highest BCUT2D eigenvalue weighted by atomic mass is 19.1. The fraction of sp³-hybridized carbons (Fsp3) is 0.500. The maximum absolute atomic E-state index is 13.3. The third-order valence-corrected chi connectivity index (χ3v) is 3.65. The van der Waals surface area contributed by atoms with Gasteiger partial charge in [0.05, 0.1) is 5.56 Å². The Hall–Kier alpha value is -1.58. The van der Waals surface area contributed by atoms with Gasteiger partial charge in [-0.1, -0.05) is 20.8 Å². The van der Waals surface area contributed by atoms with E-state index in [1.807, 2.05) is 0 Å². The van der Waals surface area contributed by atoms with Crippen molar-refractivity contribution in [1.29, 1.82) is 0 Å². The molecular weight excluding hydrogens is 233 g/mol. The van der Waals surface area contributed by atoms with Gasteiger partial charge in [0.2, 0.25) is 0 Å². The molecule has 0 aromatic heterocycles. The van der Waals surface area contributed by atoms with Crippen LogP contribution in [0.1, 0.15) is 31.1 Å². The number of benzene rings is 1. The number of hydrogen-bond acceptors (Lipinski definition) is 2. The molecule has 1 aliphatic heterocycles. The van der Waals surface area contributed by atoms with Crippen LogP contribution in [0.2, 0.25) is 0 Å². The summed E-state index contributed by atoms with van der Waals surface area (Å²) < 4.78 is 13.3. The van der Waals surface area contributed by atoms with Gasteiger partial charge in [-0.2, -0.15) is 0 Å². The topological polar surface area (TPSA) is 40.5 Å². The Bertz CT molecular complexity index is 473. The third kappa shape index (κ3) is 2.33. The lowest BCUT2D eigenvalue weighted by Gasteiger charge is -2.47. The number of rotatable bonds is 2. The quantitative estimate of drug-likeness (QED) is 0.878. The molecule has 0 spiro atoms. The van der Waals surface area contributed by atoms with E-state index in [2.05, 4.69) is 25.7 Å². The van der Waals surface area contributed by atoms with Crippen molar-refractivity contribution in [2.45, 2.75) is 20.8 Å². The summed E-state index contributed by atoms with van der Waals surface area (Å²) in [6.07, 6.45) is 0. The van der Waals surface area contributed by atoms with Gasteiger partial charge in [-0.15, -0.1) is 0 Å². The van der Waals surface area contributed by atoms with Crippen LogP contribution in [-0.2, 0) is 0 Å². The van der Waals surface area contributed by atoms with Crippen LogP contribution >= 0.6 is 0 Å². The van der Waals surface area contributed by atoms with Crippen molar-refractivity contribution in [1.82, 2.24) is 0 Å². The zero-order valence-corrected chi connectivity index (χ0v) is 10.9. The molecule has 2 rings (SSSR count). The minimum atomic E-state index is -1.22. The number of halogens is 1. The summed E-state index contributed by atoms with van der Waals surface area (Å²) in [5.74, 6) is -1.31. The van der Waals surface area contributed by atoms with Gasteiger partial charge in [-0.25, -0.2) is 9.18 Å². The van der Waals surface area contributed by atoms with E-state index in [1.165, 1.54) is 12.1 Å². The molecule has 98 valence electrons. The maximum Gasteiger partial charge on any atom is 0.338 e. The lowest BCUT2D eigenvalue weighted by atomic mass is 9.76. The number of carbonyl (C=O) groups is 1. The van der Waals surface area contributed by atoms with E-state index in [0.29, 0.717) is 5.92 Å². The summed E-state index contributed by atoms with van der Waals surface area (Å²) in [6.45, 7) is 8.38. The molecular formula is C14H18FNO2. The maximum atomic E-state index is 13.3. The minimum absolute atomic E-state index is 0.256. The van der Waals surface area contributed by atoms with Crippen molar-refractivity contribution in [2.24, 2.45) is 11.3 Å². The lowest BCUT2D eigenvalue weighted by molar-refractivity contribution is 0.0692. The second kappa shape index (κ2) is 4.26. The van der Waals surface area contributed by atoms with E-state index in [0.717, 1.165) is 18.8 Å². The highest BCUT2D eigenvalue weighted by molar-refractivity contribution is 5.89. The molecule has 1 heterocycles. The van der Waals surface area contributed by atoms with Gasteiger partial charge in [-0.05, 0) is 29.5 Å².